The predicted octanol–water partition coefficient (Wildman–Crippen LogP) is 2.48. The molecule has 0 unspecified atom stereocenters. The number of benzene rings is 1. The number of methoxy groups -OCH3 is 1. The molecule has 0 aliphatic carbocycles. The molecular weight excluding hydrogens is 328 g/mol. The van der Waals surface area contributed by atoms with E-state index in [1.165, 1.54) is 0 Å². The second-order valence-corrected chi connectivity index (χ2v) is 6.44. The minimum absolute atomic E-state index is 0.164. The van der Waals surface area contributed by atoms with Crippen LogP contribution in [0.3, 0.4) is 0 Å². The Kier molecular flexibility index (Phi) is 5.48. The molecule has 128 valence electrons. The maximum absolute atomic E-state index is 12.5. The van der Waals surface area contributed by atoms with E-state index in [0.29, 0.717) is 24.1 Å². The van der Waals surface area contributed by atoms with Crippen molar-refractivity contribution in [2.45, 2.75) is 31.9 Å². The largest absolute Gasteiger partial charge is 0.377 e. The van der Waals surface area contributed by atoms with Crippen molar-refractivity contribution >= 4 is 17.5 Å². The molecule has 1 aliphatic heterocycles. The lowest BCUT2D eigenvalue weighted by molar-refractivity contribution is -0.131. The number of halogens is 1. The molecule has 6 nitrogen and oxygen atoms in total. The summed E-state index contributed by atoms with van der Waals surface area (Å²) in [5, 5.41) is 8.76. The summed E-state index contributed by atoms with van der Waals surface area (Å²) in [6, 6.07) is 7.77. The van der Waals surface area contributed by atoms with E-state index >= 15 is 0 Å². The van der Waals surface area contributed by atoms with Crippen LogP contribution in [0.5, 0.6) is 0 Å². The Hall–Kier alpha value is -1.92. The van der Waals surface area contributed by atoms with Gasteiger partial charge in [0.1, 0.15) is 12.9 Å². The Bertz CT molecular complexity index is 678. The molecule has 7 heteroatoms. The van der Waals surface area contributed by atoms with Crippen LogP contribution in [-0.4, -0.2) is 45.8 Å². The van der Waals surface area contributed by atoms with Crippen molar-refractivity contribution in [1.82, 2.24) is 19.7 Å². The molecule has 0 spiro atoms. The van der Waals surface area contributed by atoms with Crippen LogP contribution in [-0.2, 0) is 22.6 Å². The fourth-order valence-electron chi connectivity index (χ4n) is 3.09. The van der Waals surface area contributed by atoms with E-state index in [4.69, 9.17) is 16.3 Å². The highest BCUT2D eigenvalue weighted by Crippen LogP contribution is 2.24. The summed E-state index contributed by atoms with van der Waals surface area (Å²) >= 11 is 5.88. The number of hydrogen-bond donors (Lipinski definition) is 0. The molecule has 0 atom stereocenters. The molecular formula is C17H21ClN4O2. The molecule has 1 fully saturated rings. The number of ether oxygens (including phenoxy) is 1. The highest BCUT2D eigenvalue weighted by atomic mass is 35.5. The summed E-state index contributed by atoms with van der Waals surface area (Å²) in [6.07, 6.45) is 3.98. The van der Waals surface area contributed by atoms with E-state index in [1.54, 1.807) is 13.4 Å². The number of rotatable bonds is 5. The molecule has 0 saturated carbocycles. The minimum atomic E-state index is 0.164. The second-order valence-electron chi connectivity index (χ2n) is 6.00. The van der Waals surface area contributed by atoms with Crippen molar-refractivity contribution in [2.75, 3.05) is 20.2 Å². The fraction of sp³-hybridized carbons (Fsp3) is 0.471. The van der Waals surface area contributed by atoms with Crippen LogP contribution < -0.4 is 0 Å². The lowest BCUT2D eigenvalue weighted by atomic mass is 10.0. The lowest BCUT2D eigenvalue weighted by Crippen LogP contribution is -2.40. The summed E-state index contributed by atoms with van der Waals surface area (Å²) in [4.78, 5) is 14.4. The van der Waals surface area contributed by atoms with Gasteiger partial charge in [-0.25, -0.2) is 0 Å². The zero-order chi connectivity index (χ0) is 16.9. The summed E-state index contributed by atoms with van der Waals surface area (Å²) in [5.74, 6) is 1.00. The van der Waals surface area contributed by atoms with Crippen molar-refractivity contribution in [3.8, 4) is 0 Å². The van der Waals surface area contributed by atoms with Crippen LogP contribution in [0.4, 0.5) is 0 Å². The van der Waals surface area contributed by atoms with Gasteiger partial charge in [0.2, 0.25) is 5.91 Å². The van der Waals surface area contributed by atoms with Gasteiger partial charge in [-0.1, -0.05) is 23.7 Å². The maximum Gasteiger partial charge on any atom is 0.226 e. The average Bonchev–Trinajstić information content (AvgIpc) is 3.06. The van der Waals surface area contributed by atoms with Gasteiger partial charge < -0.3 is 14.2 Å². The monoisotopic (exact) mass is 348 g/mol. The summed E-state index contributed by atoms with van der Waals surface area (Å²) in [5.41, 5.74) is 0.993. The molecule has 3 rings (SSSR count). The van der Waals surface area contributed by atoms with Crippen molar-refractivity contribution in [2.24, 2.45) is 0 Å². The first-order valence-corrected chi connectivity index (χ1v) is 8.44. The number of carbonyl (C=O) groups is 1. The molecule has 1 aliphatic rings. The molecule has 1 saturated heterocycles. The summed E-state index contributed by atoms with van der Waals surface area (Å²) in [6.45, 7) is 1.96. The number of piperidine rings is 1. The van der Waals surface area contributed by atoms with E-state index in [1.807, 2.05) is 29.2 Å². The zero-order valence-electron chi connectivity index (χ0n) is 13.7. The third kappa shape index (κ3) is 3.94. The van der Waals surface area contributed by atoms with Gasteiger partial charge in [-0.05, 0) is 30.5 Å². The Morgan fingerprint density at radius 3 is 2.67 bits per heavy atom. The smallest absolute Gasteiger partial charge is 0.226 e. The van der Waals surface area contributed by atoms with Crippen molar-refractivity contribution in [1.29, 1.82) is 0 Å². The van der Waals surface area contributed by atoms with Crippen LogP contribution >= 0.6 is 11.6 Å². The van der Waals surface area contributed by atoms with Gasteiger partial charge in [-0.2, -0.15) is 0 Å². The van der Waals surface area contributed by atoms with Crippen LogP contribution in [0.25, 0.3) is 0 Å². The van der Waals surface area contributed by atoms with E-state index in [9.17, 15) is 4.79 Å². The summed E-state index contributed by atoms with van der Waals surface area (Å²) < 4.78 is 7.23. The molecule has 1 aromatic heterocycles. The Labute approximate surface area is 146 Å². The van der Waals surface area contributed by atoms with Crippen LogP contribution in [0.1, 0.15) is 30.3 Å². The maximum atomic E-state index is 12.5. The minimum Gasteiger partial charge on any atom is -0.377 e. The van der Waals surface area contributed by atoms with Crippen molar-refractivity contribution in [3.63, 3.8) is 0 Å². The quantitative estimate of drug-likeness (QED) is 0.833. The van der Waals surface area contributed by atoms with Gasteiger partial charge in [0, 0.05) is 31.3 Å². The molecule has 0 bridgehead atoms. The van der Waals surface area contributed by atoms with E-state index in [0.717, 1.165) is 37.3 Å². The third-order valence-electron chi connectivity index (χ3n) is 4.40. The van der Waals surface area contributed by atoms with Gasteiger partial charge in [0.25, 0.3) is 0 Å². The lowest BCUT2D eigenvalue weighted by Gasteiger charge is -2.33. The Morgan fingerprint density at radius 1 is 1.29 bits per heavy atom. The number of likely N-dealkylation sites (tertiary alicyclic amines) is 1. The Balaban J connectivity index is 1.55. The van der Waals surface area contributed by atoms with Crippen molar-refractivity contribution in [3.05, 3.63) is 47.0 Å². The van der Waals surface area contributed by atoms with Gasteiger partial charge in [-0.15, -0.1) is 10.2 Å². The first-order chi connectivity index (χ1) is 11.7. The number of aromatic nitrogens is 3. The normalized spacial score (nSPS) is 15.7. The standard InChI is InChI=1S/C17H21ClN4O2/c1-24-11-16-20-19-12-22(16)15-6-8-21(9-7-15)17(23)10-13-2-4-14(18)5-3-13/h2-5,12,15H,6-11H2,1H3. The predicted molar refractivity (Wildman–Crippen MR) is 90.7 cm³/mol. The molecule has 24 heavy (non-hydrogen) atoms. The molecule has 0 radical (unpaired) electrons. The van der Waals surface area contributed by atoms with Gasteiger partial charge in [-0.3, -0.25) is 4.79 Å². The third-order valence-corrected chi connectivity index (χ3v) is 4.65. The number of nitrogens with zero attached hydrogens (tertiary/aromatic N) is 4. The molecule has 2 aromatic rings. The average molecular weight is 349 g/mol. The number of hydrogen-bond acceptors (Lipinski definition) is 4. The van der Waals surface area contributed by atoms with Gasteiger partial charge >= 0.3 is 0 Å². The first-order valence-electron chi connectivity index (χ1n) is 8.07. The van der Waals surface area contributed by atoms with Crippen LogP contribution in [0.15, 0.2) is 30.6 Å². The van der Waals surface area contributed by atoms with E-state index in [2.05, 4.69) is 14.8 Å². The number of amides is 1. The van der Waals surface area contributed by atoms with Gasteiger partial charge in [0.05, 0.1) is 6.42 Å². The molecule has 2 heterocycles. The van der Waals surface area contributed by atoms with Crippen LogP contribution in [0, 0.1) is 0 Å². The molecule has 1 amide bonds. The SMILES string of the molecule is COCc1nncn1C1CCN(C(=O)Cc2ccc(Cl)cc2)CC1. The number of carbonyl (C=O) groups excluding carboxylic acids is 1. The summed E-state index contributed by atoms with van der Waals surface area (Å²) in [7, 11) is 1.65. The highest BCUT2D eigenvalue weighted by Gasteiger charge is 2.25. The topological polar surface area (TPSA) is 60.3 Å². The Morgan fingerprint density at radius 2 is 2.00 bits per heavy atom. The van der Waals surface area contributed by atoms with Gasteiger partial charge in [0.15, 0.2) is 5.82 Å². The highest BCUT2D eigenvalue weighted by molar-refractivity contribution is 6.30. The first kappa shape index (κ1) is 16.9. The molecule has 1 aromatic carbocycles. The zero-order valence-corrected chi connectivity index (χ0v) is 14.4. The molecule has 0 N–H and O–H groups in total. The van der Waals surface area contributed by atoms with Crippen molar-refractivity contribution < 1.29 is 9.53 Å². The van der Waals surface area contributed by atoms with Crippen LogP contribution in [0.2, 0.25) is 5.02 Å². The second kappa shape index (κ2) is 7.77. The van der Waals surface area contributed by atoms with E-state index in [-0.39, 0.29) is 5.91 Å². The fourth-order valence-corrected chi connectivity index (χ4v) is 3.21. The van der Waals surface area contributed by atoms with E-state index < -0.39 is 0 Å².